The van der Waals surface area contributed by atoms with Crippen molar-refractivity contribution >= 4 is 33.3 Å². The Labute approximate surface area is 126 Å². The minimum Gasteiger partial charge on any atom is -0.363 e. The van der Waals surface area contributed by atoms with Crippen LogP contribution < -0.4 is 16.6 Å². The maximum absolute atomic E-state index is 5.45. The molecule has 0 aromatic carbocycles. The molecule has 3 rings (SSSR count). The molecule has 1 unspecified atom stereocenters. The molecule has 3 aromatic rings. The first-order chi connectivity index (χ1) is 10.2. The van der Waals surface area contributed by atoms with E-state index in [-0.39, 0.29) is 6.04 Å². The average Bonchev–Trinajstić information content (AvgIpc) is 2.88. The van der Waals surface area contributed by atoms with Crippen LogP contribution in [0.5, 0.6) is 0 Å². The highest BCUT2D eigenvalue weighted by Gasteiger charge is 2.13. The average molecular weight is 300 g/mol. The number of aryl methyl sites for hydroxylation is 1. The van der Waals surface area contributed by atoms with Gasteiger partial charge in [-0.3, -0.25) is 10.4 Å². The summed E-state index contributed by atoms with van der Waals surface area (Å²) in [6.45, 7) is 4.12. The molecule has 1 atom stereocenters. The van der Waals surface area contributed by atoms with Crippen LogP contribution in [0.15, 0.2) is 30.6 Å². The predicted molar refractivity (Wildman–Crippen MR) is 86.2 cm³/mol. The van der Waals surface area contributed by atoms with E-state index in [4.69, 9.17) is 5.84 Å². The molecule has 0 saturated heterocycles. The number of nitrogens with one attached hydrogen (secondary N) is 2. The molecular formula is C14H16N6S. The molecule has 0 spiro atoms. The van der Waals surface area contributed by atoms with E-state index < -0.39 is 0 Å². The minimum atomic E-state index is 0.0858. The number of nitrogen functional groups attached to an aromatic ring is 1. The molecule has 7 heteroatoms. The Morgan fingerprint density at radius 2 is 2.19 bits per heavy atom. The number of nitrogens with zero attached hydrogens (tertiary/aromatic N) is 3. The maximum Gasteiger partial charge on any atom is 0.240 e. The largest absolute Gasteiger partial charge is 0.363 e. The summed E-state index contributed by atoms with van der Waals surface area (Å²) in [5.74, 6) is 6.63. The molecule has 0 bridgehead atoms. The van der Waals surface area contributed by atoms with Crippen molar-refractivity contribution in [3.05, 3.63) is 41.0 Å². The maximum atomic E-state index is 5.45. The van der Waals surface area contributed by atoms with Crippen molar-refractivity contribution in [2.24, 2.45) is 5.84 Å². The summed E-state index contributed by atoms with van der Waals surface area (Å²) in [7, 11) is 0. The number of fused-ring (bicyclic) bond motifs is 1. The lowest BCUT2D eigenvalue weighted by Crippen LogP contribution is -2.13. The van der Waals surface area contributed by atoms with Crippen LogP contribution in [0.3, 0.4) is 0 Å². The summed E-state index contributed by atoms with van der Waals surface area (Å²) in [5.41, 5.74) is 3.61. The van der Waals surface area contributed by atoms with Crippen molar-refractivity contribution < 1.29 is 0 Å². The first-order valence-corrected chi connectivity index (χ1v) is 7.40. The summed E-state index contributed by atoms with van der Waals surface area (Å²) in [5, 5.41) is 4.42. The van der Waals surface area contributed by atoms with E-state index in [1.165, 1.54) is 4.88 Å². The highest BCUT2D eigenvalue weighted by atomic mass is 32.1. The number of nitrogens with two attached hydrogens (primary N) is 1. The van der Waals surface area contributed by atoms with Crippen LogP contribution in [-0.2, 0) is 0 Å². The Kier molecular flexibility index (Phi) is 3.68. The quantitative estimate of drug-likeness (QED) is 0.507. The smallest absolute Gasteiger partial charge is 0.240 e. The van der Waals surface area contributed by atoms with Gasteiger partial charge in [0, 0.05) is 17.3 Å². The molecule has 0 saturated carbocycles. The Morgan fingerprint density at radius 3 is 2.90 bits per heavy atom. The van der Waals surface area contributed by atoms with E-state index in [0.29, 0.717) is 5.95 Å². The predicted octanol–water partition coefficient (Wildman–Crippen LogP) is 2.85. The van der Waals surface area contributed by atoms with Crippen molar-refractivity contribution in [3.63, 3.8) is 0 Å². The highest BCUT2D eigenvalue weighted by Crippen LogP contribution is 2.31. The zero-order valence-electron chi connectivity index (χ0n) is 11.8. The molecule has 0 amide bonds. The van der Waals surface area contributed by atoms with Gasteiger partial charge in [0.1, 0.15) is 10.6 Å². The van der Waals surface area contributed by atoms with Gasteiger partial charge in [0.15, 0.2) is 0 Å². The fourth-order valence-corrected chi connectivity index (χ4v) is 3.02. The van der Waals surface area contributed by atoms with Gasteiger partial charge in [0.2, 0.25) is 5.95 Å². The molecule has 3 heterocycles. The zero-order valence-corrected chi connectivity index (χ0v) is 12.6. The van der Waals surface area contributed by atoms with Gasteiger partial charge >= 0.3 is 0 Å². The van der Waals surface area contributed by atoms with Gasteiger partial charge in [-0.05, 0) is 31.5 Å². The normalized spacial score (nSPS) is 12.3. The summed E-state index contributed by atoms with van der Waals surface area (Å²) in [6, 6.07) is 6.12. The summed E-state index contributed by atoms with van der Waals surface area (Å²) in [6.07, 6.45) is 3.61. The third kappa shape index (κ3) is 2.79. The lowest BCUT2D eigenvalue weighted by atomic mass is 10.1. The molecule has 108 valence electrons. The van der Waals surface area contributed by atoms with Crippen LogP contribution in [0, 0.1) is 6.92 Å². The third-order valence-electron chi connectivity index (χ3n) is 3.18. The van der Waals surface area contributed by atoms with Crippen molar-refractivity contribution in [2.45, 2.75) is 19.9 Å². The van der Waals surface area contributed by atoms with E-state index in [0.717, 1.165) is 21.6 Å². The van der Waals surface area contributed by atoms with Crippen LogP contribution in [0.25, 0.3) is 10.2 Å². The standard InChI is InChI=1S/C14H16N6S/c1-8-6-11-12(18-14(20-15)19-13(11)21-8)17-9(2)10-4-3-5-16-7-10/h3-7,9H,15H2,1-2H3,(H2,17,18,19,20). The number of pyridine rings is 1. The van der Waals surface area contributed by atoms with Gasteiger partial charge in [-0.25, -0.2) is 10.8 Å². The fraction of sp³-hybridized carbons (Fsp3) is 0.214. The van der Waals surface area contributed by atoms with E-state index in [1.54, 1.807) is 17.5 Å². The van der Waals surface area contributed by atoms with Gasteiger partial charge in [0.25, 0.3) is 0 Å². The summed E-state index contributed by atoms with van der Waals surface area (Å²) >= 11 is 1.62. The van der Waals surface area contributed by atoms with Gasteiger partial charge < -0.3 is 5.32 Å². The number of thiophene rings is 1. The molecule has 3 aromatic heterocycles. The number of rotatable bonds is 4. The second-order valence-corrected chi connectivity index (χ2v) is 6.00. The van der Waals surface area contributed by atoms with Crippen LogP contribution >= 0.6 is 11.3 Å². The zero-order chi connectivity index (χ0) is 14.8. The lowest BCUT2D eigenvalue weighted by Gasteiger charge is -2.15. The Bertz CT molecular complexity index is 755. The molecule has 0 aliphatic carbocycles. The first-order valence-electron chi connectivity index (χ1n) is 6.58. The molecular weight excluding hydrogens is 284 g/mol. The third-order valence-corrected chi connectivity index (χ3v) is 4.13. The van der Waals surface area contributed by atoms with Crippen LogP contribution in [0.2, 0.25) is 0 Å². The summed E-state index contributed by atoms with van der Waals surface area (Å²) < 4.78 is 0. The topological polar surface area (TPSA) is 88.8 Å². The highest BCUT2D eigenvalue weighted by molar-refractivity contribution is 7.18. The van der Waals surface area contributed by atoms with E-state index >= 15 is 0 Å². The number of hydrazine groups is 1. The second-order valence-electron chi connectivity index (χ2n) is 4.77. The number of anilines is 2. The van der Waals surface area contributed by atoms with Gasteiger partial charge in [-0.15, -0.1) is 11.3 Å². The molecule has 0 aliphatic rings. The fourth-order valence-electron chi connectivity index (χ4n) is 2.14. The molecule has 0 aliphatic heterocycles. The molecule has 0 fully saturated rings. The van der Waals surface area contributed by atoms with Crippen LogP contribution in [0.1, 0.15) is 23.4 Å². The molecule has 21 heavy (non-hydrogen) atoms. The van der Waals surface area contributed by atoms with E-state index in [2.05, 4.69) is 45.6 Å². The second kappa shape index (κ2) is 5.63. The van der Waals surface area contributed by atoms with E-state index in [1.807, 2.05) is 18.3 Å². The SMILES string of the molecule is Cc1cc2c(NC(C)c3cccnc3)nc(NN)nc2s1. The van der Waals surface area contributed by atoms with E-state index in [9.17, 15) is 0 Å². The summed E-state index contributed by atoms with van der Waals surface area (Å²) in [4.78, 5) is 15.0. The van der Waals surface area contributed by atoms with Gasteiger partial charge in [-0.1, -0.05) is 6.07 Å². The van der Waals surface area contributed by atoms with Crippen LogP contribution in [-0.4, -0.2) is 15.0 Å². The molecule has 0 radical (unpaired) electrons. The Balaban J connectivity index is 1.99. The van der Waals surface area contributed by atoms with Crippen LogP contribution in [0.4, 0.5) is 11.8 Å². The Hall–Kier alpha value is -2.25. The van der Waals surface area contributed by atoms with Crippen molar-refractivity contribution in [1.29, 1.82) is 0 Å². The monoisotopic (exact) mass is 300 g/mol. The Morgan fingerprint density at radius 1 is 1.33 bits per heavy atom. The van der Waals surface area contributed by atoms with Gasteiger partial charge in [0.05, 0.1) is 11.4 Å². The molecule has 6 nitrogen and oxygen atoms in total. The number of aromatic nitrogens is 3. The van der Waals surface area contributed by atoms with Crippen molar-refractivity contribution in [1.82, 2.24) is 15.0 Å². The first kappa shape index (κ1) is 13.7. The minimum absolute atomic E-state index is 0.0858. The lowest BCUT2D eigenvalue weighted by molar-refractivity contribution is 0.868. The number of hydrogen-bond acceptors (Lipinski definition) is 7. The number of hydrogen-bond donors (Lipinski definition) is 3. The van der Waals surface area contributed by atoms with Crippen molar-refractivity contribution in [2.75, 3.05) is 10.7 Å². The van der Waals surface area contributed by atoms with Gasteiger partial charge in [-0.2, -0.15) is 4.98 Å². The molecule has 4 N–H and O–H groups in total. The van der Waals surface area contributed by atoms with Crippen molar-refractivity contribution in [3.8, 4) is 0 Å².